The summed E-state index contributed by atoms with van der Waals surface area (Å²) < 4.78 is 0. The molecule has 0 heterocycles. The molecule has 0 spiro atoms. The maximum Gasteiger partial charge on any atom is 0.0266 e. The summed E-state index contributed by atoms with van der Waals surface area (Å²) in [5.41, 5.74) is 7.08. The second-order valence-corrected chi connectivity index (χ2v) is 6.73. The number of thioether (sulfide) groups is 1. The zero-order chi connectivity index (χ0) is 12.3. The Morgan fingerprint density at radius 2 is 1.71 bits per heavy atom. The zero-order valence-corrected chi connectivity index (χ0v) is 11.7. The van der Waals surface area contributed by atoms with Gasteiger partial charge in [0.1, 0.15) is 0 Å². The first kappa shape index (κ1) is 13.0. The Morgan fingerprint density at radius 3 is 2.24 bits per heavy atom. The van der Waals surface area contributed by atoms with E-state index >= 15 is 0 Å². The fourth-order valence-corrected chi connectivity index (χ4v) is 3.58. The minimum Gasteiger partial charge on any atom is -0.324 e. The van der Waals surface area contributed by atoms with Crippen molar-refractivity contribution >= 4 is 11.8 Å². The Morgan fingerprint density at radius 1 is 1.12 bits per heavy atom. The number of hydrogen-bond donors (Lipinski definition) is 1. The predicted octanol–water partition coefficient (Wildman–Crippen LogP) is 4.38. The van der Waals surface area contributed by atoms with Gasteiger partial charge in [0.25, 0.3) is 0 Å². The summed E-state index contributed by atoms with van der Waals surface area (Å²) in [6, 6.07) is 8.92. The second kappa shape index (κ2) is 5.92. The van der Waals surface area contributed by atoms with Gasteiger partial charge in [0, 0.05) is 16.2 Å². The second-order valence-electron chi connectivity index (χ2n) is 5.36. The summed E-state index contributed by atoms with van der Waals surface area (Å²) >= 11 is 2.05. The average molecular weight is 249 g/mol. The van der Waals surface area contributed by atoms with Gasteiger partial charge in [-0.25, -0.2) is 0 Å². The van der Waals surface area contributed by atoms with Crippen molar-refractivity contribution in [3.63, 3.8) is 0 Å². The Balaban J connectivity index is 1.90. The van der Waals surface area contributed by atoms with Crippen LogP contribution in [0.5, 0.6) is 0 Å². The summed E-state index contributed by atoms with van der Waals surface area (Å²) in [6.45, 7) is 4.41. The molecule has 0 aliphatic heterocycles. The van der Waals surface area contributed by atoms with E-state index in [9.17, 15) is 0 Å². The van der Waals surface area contributed by atoms with Gasteiger partial charge in [-0.1, -0.05) is 19.1 Å². The van der Waals surface area contributed by atoms with Gasteiger partial charge in [0.15, 0.2) is 0 Å². The highest BCUT2D eigenvalue weighted by molar-refractivity contribution is 8.00. The fourth-order valence-electron chi connectivity index (χ4n) is 2.39. The molecule has 0 radical (unpaired) electrons. The first-order chi connectivity index (χ1) is 8.15. The minimum absolute atomic E-state index is 0.143. The first-order valence-electron chi connectivity index (χ1n) is 6.67. The van der Waals surface area contributed by atoms with Gasteiger partial charge in [-0.2, -0.15) is 0 Å². The zero-order valence-electron chi connectivity index (χ0n) is 10.9. The molecule has 2 N–H and O–H groups in total. The molecule has 1 atom stereocenters. The highest BCUT2D eigenvalue weighted by Gasteiger charge is 2.18. The molecule has 1 aliphatic rings. The van der Waals surface area contributed by atoms with Crippen LogP contribution in [0.15, 0.2) is 29.2 Å². The van der Waals surface area contributed by atoms with Crippen molar-refractivity contribution in [1.29, 1.82) is 0 Å². The topological polar surface area (TPSA) is 26.0 Å². The fraction of sp³-hybridized carbons (Fsp3) is 0.600. The lowest BCUT2D eigenvalue weighted by Crippen LogP contribution is -2.13. The van der Waals surface area contributed by atoms with Crippen LogP contribution in [0.4, 0.5) is 0 Å². The third-order valence-corrected chi connectivity index (χ3v) is 5.02. The normalized spacial score (nSPS) is 26.8. The maximum atomic E-state index is 5.86. The molecule has 94 valence electrons. The number of nitrogens with two attached hydrogens (primary N) is 1. The van der Waals surface area contributed by atoms with E-state index in [1.165, 1.54) is 36.1 Å². The Kier molecular flexibility index (Phi) is 4.52. The summed E-state index contributed by atoms with van der Waals surface area (Å²) in [5.74, 6) is 0.937. The summed E-state index contributed by atoms with van der Waals surface area (Å²) in [6.07, 6.45) is 5.55. The van der Waals surface area contributed by atoms with E-state index < -0.39 is 0 Å². The largest absolute Gasteiger partial charge is 0.324 e. The average Bonchev–Trinajstić information content (AvgIpc) is 2.33. The van der Waals surface area contributed by atoms with Crippen molar-refractivity contribution in [3.8, 4) is 0 Å². The molecule has 1 saturated carbocycles. The van der Waals surface area contributed by atoms with Crippen molar-refractivity contribution < 1.29 is 0 Å². The van der Waals surface area contributed by atoms with Crippen LogP contribution in [0.2, 0.25) is 0 Å². The van der Waals surface area contributed by atoms with Crippen molar-refractivity contribution in [2.45, 2.75) is 55.7 Å². The van der Waals surface area contributed by atoms with Crippen molar-refractivity contribution in [3.05, 3.63) is 29.8 Å². The minimum atomic E-state index is 0.143. The van der Waals surface area contributed by atoms with E-state index in [1.54, 1.807) is 0 Å². The van der Waals surface area contributed by atoms with Gasteiger partial charge < -0.3 is 5.73 Å². The lowest BCUT2D eigenvalue weighted by Gasteiger charge is -2.25. The molecule has 0 saturated heterocycles. The van der Waals surface area contributed by atoms with Crippen LogP contribution >= 0.6 is 11.8 Å². The molecular formula is C15H23NS. The molecule has 1 aromatic carbocycles. The van der Waals surface area contributed by atoms with E-state index in [4.69, 9.17) is 5.73 Å². The van der Waals surface area contributed by atoms with Gasteiger partial charge in [0.05, 0.1) is 0 Å². The third kappa shape index (κ3) is 3.75. The summed E-state index contributed by atoms with van der Waals surface area (Å²) in [7, 11) is 0. The SMILES string of the molecule is CC1CCC(Sc2ccc(C(C)N)cc2)CC1. The van der Waals surface area contributed by atoms with E-state index in [1.807, 2.05) is 18.7 Å². The van der Waals surface area contributed by atoms with Crippen LogP contribution in [0.3, 0.4) is 0 Å². The molecule has 1 unspecified atom stereocenters. The number of hydrogen-bond acceptors (Lipinski definition) is 2. The van der Waals surface area contributed by atoms with Crippen LogP contribution in [0, 0.1) is 5.92 Å². The van der Waals surface area contributed by atoms with Crippen LogP contribution in [-0.2, 0) is 0 Å². The van der Waals surface area contributed by atoms with Crippen molar-refractivity contribution in [2.75, 3.05) is 0 Å². The van der Waals surface area contributed by atoms with E-state index in [0.29, 0.717) is 0 Å². The molecule has 1 aliphatic carbocycles. The Hall–Kier alpha value is -0.470. The lowest BCUT2D eigenvalue weighted by atomic mass is 9.91. The molecule has 2 rings (SSSR count). The highest BCUT2D eigenvalue weighted by Crippen LogP contribution is 2.35. The van der Waals surface area contributed by atoms with Crippen LogP contribution in [0.25, 0.3) is 0 Å². The molecule has 0 bridgehead atoms. The molecule has 1 aromatic rings. The standard InChI is InChI=1S/C15H23NS/c1-11-3-7-14(8-4-11)17-15-9-5-13(6-10-15)12(2)16/h5-6,9-12,14H,3-4,7-8,16H2,1-2H3. The maximum absolute atomic E-state index is 5.86. The van der Waals surface area contributed by atoms with Crippen molar-refractivity contribution in [1.82, 2.24) is 0 Å². The van der Waals surface area contributed by atoms with E-state index in [-0.39, 0.29) is 6.04 Å². The van der Waals surface area contributed by atoms with Crippen LogP contribution < -0.4 is 5.73 Å². The van der Waals surface area contributed by atoms with E-state index in [0.717, 1.165) is 11.2 Å². The van der Waals surface area contributed by atoms with Crippen molar-refractivity contribution in [2.24, 2.45) is 11.7 Å². The van der Waals surface area contributed by atoms with Gasteiger partial charge in [0.2, 0.25) is 0 Å². The van der Waals surface area contributed by atoms with Crippen LogP contribution in [-0.4, -0.2) is 5.25 Å². The number of rotatable bonds is 3. The Bertz CT molecular complexity index is 336. The Labute approximate surface area is 109 Å². The molecule has 0 aromatic heterocycles. The highest BCUT2D eigenvalue weighted by atomic mass is 32.2. The van der Waals surface area contributed by atoms with Gasteiger partial charge in [-0.05, 0) is 56.2 Å². The third-order valence-electron chi connectivity index (χ3n) is 3.67. The summed E-state index contributed by atoms with van der Waals surface area (Å²) in [5, 5.41) is 0.826. The predicted molar refractivity (Wildman–Crippen MR) is 76.3 cm³/mol. The van der Waals surface area contributed by atoms with Gasteiger partial charge in [-0.3, -0.25) is 0 Å². The molecule has 1 fully saturated rings. The smallest absolute Gasteiger partial charge is 0.0266 e. The summed E-state index contributed by atoms with van der Waals surface area (Å²) in [4.78, 5) is 1.40. The lowest BCUT2D eigenvalue weighted by molar-refractivity contribution is 0.393. The molecule has 17 heavy (non-hydrogen) atoms. The van der Waals surface area contributed by atoms with Gasteiger partial charge >= 0.3 is 0 Å². The molecule has 2 heteroatoms. The monoisotopic (exact) mass is 249 g/mol. The number of benzene rings is 1. The van der Waals surface area contributed by atoms with Crippen LogP contribution in [0.1, 0.15) is 51.1 Å². The quantitative estimate of drug-likeness (QED) is 0.860. The van der Waals surface area contributed by atoms with E-state index in [2.05, 4.69) is 31.2 Å². The molecule has 1 nitrogen and oxygen atoms in total. The molecule has 0 amide bonds. The molecular weight excluding hydrogens is 226 g/mol. The van der Waals surface area contributed by atoms with Gasteiger partial charge in [-0.15, -0.1) is 11.8 Å². The first-order valence-corrected chi connectivity index (χ1v) is 7.55.